The van der Waals surface area contributed by atoms with Gasteiger partial charge >= 0.3 is 12.4 Å². The molecule has 0 aliphatic rings. The Kier molecular flexibility index (Phi) is 7.78. The number of amides is 2. The summed E-state index contributed by atoms with van der Waals surface area (Å²) >= 11 is 0. The number of hydrogen-bond donors (Lipinski definition) is 2. The van der Waals surface area contributed by atoms with Crippen LogP contribution in [0, 0.1) is 0 Å². The molecule has 1 aromatic carbocycles. The van der Waals surface area contributed by atoms with Crippen LogP contribution >= 0.6 is 0 Å². The van der Waals surface area contributed by atoms with Crippen LogP contribution in [0.25, 0.3) is 0 Å². The van der Waals surface area contributed by atoms with E-state index in [1.54, 1.807) is 0 Å². The molecule has 0 fully saturated rings. The topological polar surface area (TPSA) is 93.2 Å². The molecule has 7 nitrogen and oxygen atoms in total. The summed E-state index contributed by atoms with van der Waals surface area (Å²) in [5.41, 5.74) is -4.30. The minimum absolute atomic E-state index is 0.0289. The summed E-state index contributed by atoms with van der Waals surface area (Å²) in [6.07, 6.45) is -7.76. The van der Waals surface area contributed by atoms with Gasteiger partial charge in [0.05, 0.1) is 29.5 Å². The molecule has 2 amide bonds. The van der Waals surface area contributed by atoms with Gasteiger partial charge in [0, 0.05) is 31.6 Å². The van der Waals surface area contributed by atoms with Gasteiger partial charge in [-0.2, -0.15) is 26.3 Å². The quantitative estimate of drug-likeness (QED) is 0.484. The fourth-order valence-corrected chi connectivity index (χ4v) is 2.63. The van der Waals surface area contributed by atoms with Crippen molar-refractivity contribution in [3.05, 3.63) is 58.7 Å². The van der Waals surface area contributed by atoms with Crippen molar-refractivity contribution < 1.29 is 40.7 Å². The van der Waals surface area contributed by atoms with Gasteiger partial charge in [0.1, 0.15) is 0 Å². The van der Waals surface area contributed by atoms with Crippen LogP contribution in [0.1, 0.15) is 50.6 Å². The minimum atomic E-state index is -5.10. The third-order valence-corrected chi connectivity index (χ3v) is 4.14. The number of carbonyl (C=O) groups excluding carboxylic acids is 2. The smallest absolute Gasteiger partial charge is 0.383 e. The van der Waals surface area contributed by atoms with Crippen molar-refractivity contribution >= 4 is 11.8 Å². The van der Waals surface area contributed by atoms with E-state index in [1.807, 2.05) is 0 Å². The van der Waals surface area contributed by atoms with Crippen LogP contribution in [0.2, 0.25) is 0 Å². The second-order valence-corrected chi connectivity index (χ2v) is 6.53. The molecule has 0 aliphatic carbocycles. The van der Waals surface area contributed by atoms with E-state index in [2.05, 4.69) is 20.6 Å². The number of nitrogens with one attached hydrogen (secondary N) is 2. The first kappa shape index (κ1) is 25.0. The van der Waals surface area contributed by atoms with Crippen LogP contribution in [0.4, 0.5) is 26.3 Å². The summed E-state index contributed by atoms with van der Waals surface area (Å²) in [5, 5.41) is 4.75. The van der Waals surface area contributed by atoms with Gasteiger partial charge in [0.2, 0.25) is 0 Å². The number of halogens is 6. The molecule has 2 aromatic rings. The van der Waals surface area contributed by atoms with Crippen LogP contribution in [-0.2, 0) is 17.1 Å². The molecule has 0 saturated heterocycles. The summed E-state index contributed by atoms with van der Waals surface area (Å²) in [6.45, 7) is 1.72. The first-order chi connectivity index (χ1) is 14.8. The maximum atomic E-state index is 13.0. The standard InChI is InChI=1S/C19H18F6N4O3/c1-10(14-15(27-4-3-26-14)17(31)28-5-6-32-2)29-16(30)11-7-12(18(20,21)22)9-13(8-11)19(23,24)25/h3-4,7-10H,5-6H2,1-2H3,(H,28,31)(H,29,30). The average Bonchev–Trinajstić information content (AvgIpc) is 2.72. The highest BCUT2D eigenvalue weighted by molar-refractivity contribution is 5.96. The van der Waals surface area contributed by atoms with E-state index in [1.165, 1.54) is 26.4 Å². The van der Waals surface area contributed by atoms with Gasteiger partial charge in [-0.15, -0.1) is 0 Å². The third kappa shape index (κ3) is 6.39. The van der Waals surface area contributed by atoms with Crippen molar-refractivity contribution in [2.75, 3.05) is 20.3 Å². The molecule has 1 aromatic heterocycles. The second-order valence-electron chi connectivity index (χ2n) is 6.53. The van der Waals surface area contributed by atoms with Gasteiger partial charge in [-0.25, -0.2) is 4.98 Å². The fraction of sp³-hybridized carbons (Fsp3) is 0.368. The minimum Gasteiger partial charge on any atom is -0.383 e. The van der Waals surface area contributed by atoms with Gasteiger partial charge in [0.15, 0.2) is 5.69 Å². The van der Waals surface area contributed by atoms with E-state index < -0.39 is 46.9 Å². The zero-order chi connectivity index (χ0) is 24.1. The molecule has 2 N–H and O–H groups in total. The number of ether oxygens (including phenoxy) is 1. The molecule has 32 heavy (non-hydrogen) atoms. The highest BCUT2D eigenvalue weighted by Gasteiger charge is 2.37. The van der Waals surface area contributed by atoms with Gasteiger partial charge in [-0.3, -0.25) is 14.6 Å². The van der Waals surface area contributed by atoms with E-state index in [-0.39, 0.29) is 30.6 Å². The molecule has 1 heterocycles. The molecule has 1 unspecified atom stereocenters. The first-order valence-corrected chi connectivity index (χ1v) is 9.03. The molecular weight excluding hydrogens is 446 g/mol. The van der Waals surface area contributed by atoms with Gasteiger partial charge in [0.25, 0.3) is 11.8 Å². The second kappa shape index (κ2) is 9.94. The van der Waals surface area contributed by atoms with Gasteiger partial charge < -0.3 is 15.4 Å². The van der Waals surface area contributed by atoms with Crippen LogP contribution in [0.15, 0.2) is 30.6 Å². The Balaban J connectivity index is 2.31. The number of nitrogens with zero attached hydrogens (tertiary/aromatic N) is 2. The summed E-state index contributed by atoms with van der Waals surface area (Å²) in [5.74, 6) is -1.87. The van der Waals surface area contributed by atoms with E-state index in [4.69, 9.17) is 4.74 Å². The molecule has 13 heteroatoms. The lowest BCUT2D eigenvalue weighted by molar-refractivity contribution is -0.143. The van der Waals surface area contributed by atoms with Crippen molar-refractivity contribution in [1.29, 1.82) is 0 Å². The summed E-state index contributed by atoms with van der Waals surface area (Å²) in [7, 11) is 1.43. The molecule has 0 bridgehead atoms. The Morgan fingerprint density at radius 1 is 0.969 bits per heavy atom. The van der Waals surface area contributed by atoms with Crippen LogP contribution in [0.5, 0.6) is 0 Å². The number of rotatable bonds is 7. The molecule has 1 atom stereocenters. The number of alkyl halides is 6. The number of benzene rings is 1. The molecule has 0 saturated carbocycles. The van der Waals surface area contributed by atoms with Crippen molar-refractivity contribution in [3.8, 4) is 0 Å². The molecular formula is C19H18F6N4O3. The lowest BCUT2D eigenvalue weighted by Gasteiger charge is -2.18. The summed E-state index contributed by atoms with van der Waals surface area (Å²) in [4.78, 5) is 32.6. The zero-order valence-corrected chi connectivity index (χ0v) is 16.8. The largest absolute Gasteiger partial charge is 0.416 e. The van der Waals surface area contributed by atoms with Crippen molar-refractivity contribution in [1.82, 2.24) is 20.6 Å². The van der Waals surface area contributed by atoms with Crippen LogP contribution < -0.4 is 10.6 Å². The van der Waals surface area contributed by atoms with Crippen molar-refractivity contribution in [2.24, 2.45) is 0 Å². The molecule has 174 valence electrons. The summed E-state index contributed by atoms with van der Waals surface area (Å²) < 4.78 is 83.0. The molecule has 0 radical (unpaired) electrons. The maximum Gasteiger partial charge on any atom is 0.416 e. The highest BCUT2D eigenvalue weighted by Crippen LogP contribution is 2.36. The van der Waals surface area contributed by atoms with Gasteiger partial charge in [-0.1, -0.05) is 0 Å². The normalized spacial score (nSPS) is 12.9. The number of aromatic nitrogens is 2. The number of methoxy groups -OCH3 is 1. The number of carbonyl (C=O) groups is 2. The highest BCUT2D eigenvalue weighted by atomic mass is 19.4. The van der Waals surface area contributed by atoms with Crippen LogP contribution in [0.3, 0.4) is 0 Å². The Morgan fingerprint density at radius 2 is 1.53 bits per heavy atom. The van der Waals surface area contributed by atoms with Gasteiger partial charge in [-0.05, 0) is 25.1 Å². The monoisotopic (exact) mass is 464 g/mol. The lowest BCUT2D eigenvalue weighted by atomic mass is 10.0. The van der Waals surface area contributed by atoms with Crippen molar-refractivity contribution in [2.45, 2.75) is 25.3 Å². The van der Waals surface area contributed by atoms with E-state index in [0.29, 0.717) is 12.1 Å². The predicted octanol–water partition coefficient (Wildman–Crippen LogP) is 3.38. The zero-order valence-electron chi connectivity index (χ0n) is 16.8. The predicted molar refractivity (Wildman–Crippen MR) is 98.6 cm³/mol. The fourth-order valence-electron chi connectivity index (χ4n) is 2.63. The molecule has 0 aliphatic heterocycles. The Hall–Kier alpha value is -3.22. The summed E-state index contributed by atoms with van der Waals surface area (Å²) in [6, 6.07) is -0.521. The lowest BCUT2D eigenvalue weighted by Crippen LogP contribution is -2.33. The van der Waals surface area contributed by atoms with E-state index in [0.717, 1.165) is 0 Å². The van der Waals surface area contributed by atoms with Crippen LogP contribution in [-0.4, -0.2) is 42.0 Å². The maximum absolute atomic E-state index is 13.0. The number of hydrogen-bond acceptors (Lipinski definition) is 5. The third-order valence-electron chi connectivity index (χ3n) is 4.14. The average molecular weight is 464 g/mol. The first-order valence-electron chi connectivity index (χ1n) is 9.03. The van der Waals surface area contributed by atoms with E-state index in [9.17, 15) is 35.9 Å². The molecule has 0 spiro atoms. The SMILES string of the molecule is COCCNC(=O)c1nccnc1C(C)NC(=O)c1cc(C(F)(F)F)cc(C(F)(F)F)c1. The molecule has 2 rings (SSSR count). The van der Waals surface area contributed by atoms with Crippen molar-refractivity contribution in [3.63, 3.8) is 0 Å². The Bertz CT molecular complexity index is 946. The Morgan fingerprint density at radius 3 is 2.06 bits per heavy atom. The van der Waals surface area contributed by atoms with E-state index >= 15 is 0 Å². The Labute approximate surface area is 178 Å².